The summed E-state index contributed by atoms with van der Waals surface area (Å²) in [6.45, 7) is 0.595. The van der Waals surface area contributed by atoms with E-state index in [4.69, 9.17) is 9.83 Å². The van der Waals surface area contributed by atoms with Gasteiger partial charge in [0.25, 0.3) is 0 Å². The highest BCUT2D eigenvalue weighted by Crippen LogP contribution is 2.28. The van der Waals surface area contributed by atoms with Crippen molar-refractivity contribution in [3.63, 3.8) is 0 Å². The third-order valence-corrected chi connectivity index (χ3v) is 3.79. The molecule has 0 aliphatic rings. The van der Waals surface area contributed by atoms with Crippen LogP contribution in [-0.2, 0) is 0 Å². The predicted octanol–water partition coefficient (Wildman–Crippen LogP) is 4.34. The Labute approximate surface area is 146 Å². The van der Waals surface area contributed by atoms with E-state index < -0.39 is 12.7 Å². The summed E-state index contributed by atoms with van der Waals surface area (Å²) in [7, 11) is 0. The number of furan rings is 1. The normalized spacial score (nSPS) is 11.5. The maximum Gasteiger partial charge on any atom is 0.405 e. The second-order valence-electron chi connectivity index (χ2n) is 5.77. The van der Waals surface area contributed by atoms with Crippen LogP contribution in [0.4, 0.5) is 18.9 Å². The van der Waals surface area contributed by atoms with Gasteiger partial charge in [-0.2, -0.15) is 13.2 Å². The Morgan fingerprint density at radius 1 is 1.31 bits per heavy atom. The number of nitrogens with zero attached hydrogens (tertiary/aromatic N) is 1. The van der Waals surface area contributed by atoms with Gasteiger partial charge in [-0.15, -0.1) is 0 Å². The first kappa shape index (κ1) is 17.7. The van der Waals surface area contributed by atoms with Gasteiger partial charge < -0.3 is 9.73 Å². The number of anilines is 1. The van der Waals surface area contributed by atoms with Gasteiger partial charge in [-0.3, -0.25) is 15.2 Å². The molecule has 0 atom stereocenters. The van der Waals surface area contributed by atoms with Crippen molar-refractivity contribution < 1.29 is 22.4 Å². The molecule has 0 radical (unpaired) electrons. The molecule has 0 spiro atoms. The molecule has 26 heavy (non-hydrogen) atoms. The number of benzene rings is 1. The number of fused-ring (bicyclic) bond motifs is 1. The van der Waals surface area contributed by atoms with Crippen molar-refractivity contribution in [2.24, 2.45) is 0 Å². The molecule has 2 N–H and O–H groups in total. The van der Waals surface area contributed by atoms with Crippen molar-refractivity contribution in [1.29, 1.82) is 5.41 Å². The van der Waals surface area contributed by atoms with Crippen LogP contribution in [0.1, 0.15) is 27.2 Å². The predicted molar refractivity (Wildman–Crippen MR) is 91.1 cm³/mol. The van der Waals surface area contributed by atoms with Gasteiger partial charge in [0.1, 0.15) is 24.1 Å². The lowest BCUT2D eigenvalue weighted by atomic mass is 10.0. The lowest BCUT2D eigenvalue weighted by Gasteiger charge is -2.14. The summed E-state index contributed by atoms with van der Waals surface area (Å²) < 4.78 is 43.1. The summed E-state index contributed by atoms with van der Waals surface area (Å²) in [5.41, 5.74) is 2.02. The number of aryl methyl sites for hydroxylation is 1. The lowest BCUT2D eigenvalue weighted by molar-refractivity contribution is -0.115. The first-order valence-corrected chi connectivity index (χ1v) is 7.61. The summed E-state index contributed by atoms with van der Waals surface area (Å²) >= 11 is 0. The molecule has 0 saturated heterocycles. The molecule has 3 aromatic rings. The van der Waals surface area contributed by atoms with Gasteiger partial charge in [0.05, 0.1) is 5.71 Å². The largest absolute Gasteiger partial charge is 0.464 e. The van der Waals surface area contributed by atoms with Gasteiger partial charge in [-0.25, -0.2) is 0 Å². The minimum Gasteiger partial charge on any atom is -0.464 e. The number of nitrogens with one attached hydrogen (secondary N) is 2. The average Bonchev–Trinajstić information content (AvgIpc) is 3.01. The highest BCUT2D eigenvalue weighted by atomic mass is 19.4. The van der Waals surface area contributed by atoms with Crippen LogP contribution in [0.5, 0.6) is 0 Å². The minimum absolute atomic E-state index is 0.00595. The van der Waals surface area contributed by atoms with Crippen molar-refractivity contribution in [3.8, 4) is 0 Å². The Morgan fingerprint density at radius 3 is 2.77 bits per heavy atom. The smallest absolute Gasteiger partial charge is 0.405 e. The number of hydrogen-bond acceptors (Lipinski definition) is 5. The molecule has 0 amide bonds. The highest BCUT2D eigenvalue weighted by Gasteiger charge is 2.27. The topological polar surface area (TPSA) is 79.0 Å². The first-order valence-electron chi connectivity index (χ1n) is 7.61. The molecular weight excluding hydrogens is 347 g/mol. The van der Waals surface area contributed by atoms with Gasteiger partial charge >= 0.3 is 6.18 Å². The molecule has 0 aliphatic heterocycles. The Kier molecular flexibility index (Phi) is 4.50. The van der Waals surface area contributed by atoms with Crippen LogP contribution in [-0.4, -0.2) is 29.7 Å². The minimum atomic E-state index is -4.44. The summed E-state index contributed by atoms with van der Waals surface area (Å²) in [4.78, 5) is 14.8. The lowest BCUT2D eigenvalue weighted by Crippen LogP contribution is -2.22. The quantitative estimate of drug-likeness (QED) is 0.523. The molecule has 5 nitrogen and oxygen atoms in total. The van der Waals surface area contributed by atoms with E-state index in [9.17, 15) is 18.0 Å². The van der Waals surface area contributed by atoms with Crippen LogP contribution in [0.3, 0.4) is 0 Å². The maximum absolute atomic E-state index is 12.6. The summed E-state index contributed by atoms with van der Waals surface area (Å²) in [6.07, 6.45) is -1.42. The molecule has 1 aromatic carbocycles. The molecule has 3 rings (SSSR count). The van der Waals surface area contributed by atoms with Crippen LogP contribution in [0.25, 0.3) is 11.0 Å². The second-order valence-corrected chi connectivity index (χ2v) is 5.77. The third kappa shape index (κ3) is 3.58. The molecule has 2 aromatic heterocycles. The Bertz CT molecular complexity index is 993. The average molecular weight is 361 g/mol. The number of pyridine rings is 1. The Morgan fingerprint density at radius 2 is 2.08 bits per heavy atom. The number of aromatic nitrogens is 1. The van der Waals surface area contributed by atoms with Gasteiger partial charge in [0.15, 0.2) is 6.29 Å². The van der Waals surface area contributed by atoms with Crippen molar-refractivity contribution in [3.05, 3.63) is 59.1 Å². The number of rotatable bonds is 5. The summed E-state index contributed by atoms with van der Waals surface area (Å²) in [6, 6.07) is 6.64. The van der Waals surface area contributed by atoms with E-state index in [0.717, 1.165) is 5.56 Å². The fourth-order valence-electron chi connectivity index (χ4n) is 2.56. The zero-order valence-corrected chi connectivity index (χ0v) is 13.6. The summed E-state index contributed by atoms with van der Waals surface area (Å²) in [5, 5.41) is 11.3. The summed E-state index contributed by atoms with van der Waals surface area (Å²) in [5.74, 6) is 0. The molecule has 0 fully saturated rings. The van der Waals surface area contributed by atoms with E-state index in [1.165, 1.54) is 18.5 Å². The number of carbonyl (C=O) groups excluding carboxylic acids is 1. The standard InChI is InChI=1S/C18H14F3N3O2/c1-10-2-3-16-12(4-10)14(8-26-16)17(22)13-6-23-11(7-25)5-15(13)24-9-18(19,20)21/h2-8,22H,9H2,1H3,(H,23,24). The fraction of sp³-hybridized carbons (Fsp3) is 0.167. The molecular formula is C18H14F3N3O2. The zero-order valence-electron chi connectivity index (χ0n) is 13.6. The van der Waals surface area contributed by atoms with E-state index in [2.05, 4.69) is 10.3 Å². The van der Waals surface area contributed by atoms with Crippen LogP contribution < -0.4 is 5.32 Å². The van der Waals surface area contributed by atoms with Gasteiger partial charge in [0.2, 0.25) is 0 Å². The number of alkyl halides is 3. The molecule has 8 heteroatoms. The monoisotopic (exact) mass is 361 g/mol. The number of carbonyl (C=O) groups is 1. The number of aldehydes is 1. The maximum atomic E-state index is 12.6. The number of halogens is 3. The van der Waals surface area contributed by atoms with Gasteiger partial charge in [0, 0.05) is 28.4 Å². The van der Waals surface area contributed by atoms with E-state index in [0.29, 0.717) is 22.8 Å². The number of hydrogen-bond donors (Lipinski definition) is 2. The van der Waals surface area contributed by atoms with E-state index >= 15 is 0 Å². The molecule has 0 unspecified atom stereocenters. The molecule has 2 heterocycles. The van der Waals surface area contributed by atoms with Crippen molar-refractivity contribution in [2.75, 3.05) is 11.9 Å². The van der Waals surface area contributed by atoms with Crippen molar-refractivity contribution in [1.82, 2.24) is 4.98 Å². The molecule has 134 valence electrons. The van der Waals surface area contributed by atoms with Crippen molar-refractivity contribution >= 4 is 28.7 Å². The Balaban J connectivity index is 2.05. The van der Waals surface area contributed by atoms with E-state index in [1.54, 1.807) is 6.07 Å². The van der Waals surface area contributed by atoms with Crippen LogP contribution in [0.15, 0.2) is 41.1 Å². The van der Waals surface area contributed by atoms with Gasteiger partial charge in [-0.05, 0) is 25.1 Å². The molecule has 0 bridgehead atoms. The highest BCUT2D eigenvalue weighted by molar-refractivity contribution is 6.19. The van der Waals surface area contributed by atoms with E-state index in [-0.39, 0.29) is 22.7 Å². The fourth-order valence-corrected chi connectivity index (χ4v) is 2.56. The Hall–Kier alpha value is -3.16. The van der Waals surface area contributed by atoms with Crippen LogP contribution in [0, 0.1) is 12.3 Å². The SMILES string of the molecule is Cc1ccc2occ(C(=N)c3cnc(C=O)cc3NCC(F)(F)F)c2c1. The third-order valence-electron chi connectivity index (χ3n) is 3.79. The second kappa shape index (κ2) is 6.62. The van der Waals surface area contributed by atoms with Crippen LogP contribution >= 0.6 is 0 Å². The van der Waals surface area contributed by atoms with Crippen LogP contribution in [0.2, 0.25) is 0 Å². The van der Waals surface area contributed by atoms with E-state index in [1.807, 2.05) is 19.1 Å². The van der Waals surface area contributed by atoms with Crippen molar-refractivity contribution in [2.45, 2.75) is 13.1 Å². The first-order chi connectivity index (χ1) is 12.3. The zero-order chi connectivity index (χ0) is 18.9. The van der Waals surface area contributed by atoms with Gasteiger partial charge in [-0.1, -0.05) is 11.6 Å². The molecule has 0 saturated carbocycles. The molecule has 0 aliphatic carbocycles.